The van der Waals surface area contributed by atoms with Crippen LogP contribution in [-0.2, 0) is 13.5 Å². The molecule has 1 heterocycles. The van der Waals surface area contributed by atoms with Gasteiger partial charge in [0.15, 0.2) is 6.29 Å². The molecule has 2 aromatic rings. The molecule has 0 bridgehead atoms. The standard InChI is InChI=1S/C13H14N2O2/c1-15-12(9-16)8-11(14-15)7-10-3-5-13(17-2)6-4-10/h3-6,8-9H,7H2,1-2H3. The van der Waals surface area contributed by atoms with Gasteiger partial charge in [-0.15, -0.1) is 0 Å². The highest BCUT2D eigenvalue weighted by atomic mass is 16.5. The molecule has 0 fully saturated rings. The highest BCUT2D eigenvalue weighted by Crippen LogP contribution is 2.14. The van der Waals surface area contributed by atoms with Crippen molar-refractivity contribution in [3.8, 4) is 5.75 Å². The second kappa shape index (κ2) is 4.82. The van der Waals surface area contributed by atoms with Crippen molar-refractivity contribution in [2.75, 3.05) is 7.11 Å². The number of ether oxygens (including phenoxy) is 1. The molecule has 0 aliphatic carbocycles. The average molecular weight is 230 g/mol. The summed E-state index contributed by atoms with van der Waals surface area (Å²) in [5.41, 5.74) is 2.62. The monoisotopic (exact) mass is 230 g/mol. The fourth-order valence-corrected chi connectivity index (χ4v) is 1.69. The van der Waals surface area contributed by atoms with E-state index in [1.54, 1.807) is 24.9 Å². The zero-order valence-corrected chi connectivity index (χ0v) is 9.88. The maximum atomic E-state index is 10.7. The number of hydrogen-bond donors (Lipinski definition) is 0. The smallest absolute Gasteiger partial charge is 0.168 e. The number of carbonyl (C=O) groups is 1. The first-order valence-electron chi connectivity index (χ1n) is 5.34. The van der Waals surface area contributed by atoms with Crippen LogP contribution < -0.4 is 4.74 Å². The number of rotatable bonds is 4. The lowest BCUT2D eigenvalue weighted by atomic mass is 10.1. The van der Waals surface area contributed by atoms with Gasteiger partial charge in [0.05, 0.1) is 12.8 Å². The molecule has 0 amide bonds. The first-order chi connectivity index (χ1) is 8.22. The van der Waals surface area contributed by atoms with E-state index < -0.39 is 0 Å². The Kier molecular flexibility index (Phi) is 3.23. The van der Waals surface area contributed by atoms with E-state index in [0.717, 1.165) is 23.3 Å². The molecule has 0 unspecified atom stereocenters. The van der Waals surface area contributed by atoms with E-state index in [1.807, 2.05) is 24.3 Å². The van der Waals surface area contributed by atoms with E-state index in [4.69, 9.17) is 4.74 Å². The molecule has 0 saturated heterocycles. The van der Waals surface area contributed by atoms with E-state index in [9.17, 15) is 4.79 Å². The third-order valence-corrected chi connectivity index (χ3v) is 2.63. The van der Waals surface area contributed by atoms with Gasteiger partial charge in [-0.25, -0.2) is 0 Å². The summed E-state index contributed by atoms with van der Waals surface area (Å²) in [7, 11) is 3.41. The summed E-state index contributed by atoms with van der Waals surface area (Å²) in [4.78, 5) is 10.7. The minimum absolute atomic E-state index is 0.591. The van der Waals surface area contributed by atoms with Gasteiger partial charge < -0.3 is 4.74 Å². The first kappa shape index (κ1) is 11.4. The molecule has 0 spiro atoms. The normalized spacial score (nSPS) is 10.2. The Morgan fingerprint density at radius 2 is 2.06 bits per heavy atom. The highest BCUT2D eigenvalue weighted by molar-refractivity contribution is 5.72. The van der Waals surface area contributed by atoms with Crippen molar-refractivity contribution >= 4 is 6.29 Å². The van der Waals surface area contributed by atoms with Gasteiger partial charge in [0.2, 0.25) is 0 Å². The van der Waals surface area contributed by atoms with Crippen LogP contribution in [0.25, 0.3) is 0 Å². The van der Waals surface area contributed by atoms with Gasteiger partial charge in [-0.2, -0.15) is 5.10 Å². The third-order valence-electron chi connectivity index (χ3n) is 2.63. The van der Waals surface area contributed by atoms with Gasteiger partial charge in [-0.05, 0) is 23.8 Å². The van der Waals surface area contributed by atoms with Crippen LogP contribution in [0.1, 0.15) is 21.7 Å². The molecule has 0 aliphatic heterocycles. The molecule has 1 aromatic heterocycles. The Hall–Kier alpha value is -2.10. The van der Waals surface area contributed by atoms with Gasteiger partial charge in [0.1, 0.15) is 11.4 Å². The lowest BCUT2D eigenvalue weighted by molar-refractivity contribution is 0.111. The van der Waals surface area contributed by atoms with Crippen molar-refractivity contribution in [2.24, 2.45) is 7.05 Å². The van der Waals surface area contributed by atoms with Crippen LogP contribution >= 0.6 is 0 Å². The van der Waals surface area contributed by atoms with Crippen LogP contribution in [0.2, 0.25) is 0 Å². The SMILES string of the molecule is COc1ccc(Cc2cc(C=O)n(C)n2)cc1. The summed E-state index contributed by atoms with van der Waals surface area (Å²) >= 11 is 0. The van der Waals surface area contributed by atoms with Crippen LogP contribution in [0.4, 0.5) is 0 Å². The van der Waals surface area contributed by atoms with E-state index in [0.29, 0.717) is 12.1 Å². The Bertz CT molecular complexity index is 515. The van der Waals surface area contributed by atoms with Gasteiger partial charge in [-0.1, -0.05) is 12.1 Å². The molecule has 2 rings (SSSR count). The first-order valence-corrected chi connectivity index (χ1v) is 5.34. The minimum Gasteiger partial charge on any atom is -0.497 e. The molecular formula is C13H14N2O2. The van der Waals surface area contributed by atoms with E-state index >= 15 is 0 Å². The number of hydrogen-bond acceptors (Lipinski definition) is 3. The number of aldehydes is 1. The fraction of sp³-hybridized carbons (Fsp3) is 0.231. The third kappa shape index (κ3) is 2.53. The molecule has 4 heteroatoms. The Balaban J connectivity index is 2.16. The van der Waals surface area contributed by atoms with Crippen molar-refractivity contribution < 1.29 is 9.53 Å². The predicted molar refractivity (Wildman–Crippen MR) is 64.4 cm³/mol. The van der Waals surface area contributed by atoms with Crippen molar-refractivity contribution in [3.05, 3.63) is 47.3 Å². The molecule has 0 aliphatic rings. The number of benzene rings is 1. The van der Waals surface area contributed by atoms with Crippen LogP contribution in [0, 0.1) is 0 Å². The largest absolute Gasteiger partial charge is 0.497 e. The molecule has 0 radical (unpaired) electrons. The number of carbonyl (C=O) groups excluding carboxylic acids is 1. The predicted octanol–water partition coefficient (Wildman–Crippen LogP) is 1.83. The van der Waals surface area contributed by atoms with E-state index in [2.05, 4.69) is 5.10 Å². The Labute approximate surface area is 99.8 Å². The Morgan fingerprint density at radius 3 is 2.59 bits per heavy atom. The lowest BCUT2D eigenvalue weighted by Crippen LogP contribution is -1.96. The summed E-state index contributed by atoms with van der Waals surface area (Å²) < 4.78 is 6.68. The quantitative estimate of drug-likeness (QED) is 0.753. The topological polar surface area (TPSA) is 44.1 Å². The summed E-state index contributed by atoms with van der Waals surface area (Å²) in [6, 6.07) is 9.62. The molecule has 17 heavy (non-hydrogen) atoms. The van der Waals surface area contributed by atoms with Gasteiger partial charge >= 0.3 is 0 Å². The van der Waals surface area contributed by atoms with Gasteiger partial charge in [0.25, 0.3) is 0 Å². The lowest BCUT2D eigenvalue weighted by Gasteiger charge is -2.01. The minimum atomic E-state index is 0.591. The zero-order chi connectivity index (χ0) is 12.3. The highest BCUT2D eigenvalue weighted by Gasteiger charge is 2.05. The fourth-order valence-electron chi connectivity index (χ4n) is 1.69. The van der Waals surface area contributed by atoms with Crippen LogP contribution in [0.15, 0.2) is 30.3 Å². The number of aryl methyl sites for hydroxylation is 1. The van der Waals surface area contributed by atoms with Crippen LogP contribution in [-0.4, -0.2) is 23.2 Å². The van der Waals surface area contributed by atoms with Crippen molar-refractivity contribution in [3.63, 3.8) is 0 Å². The van der Waals surface area contributed by atoms with Crippen molar-refractivity contribution in [1.29, 1.82) is 0 Å². The molecular weight excluding hydrogens is 216 g/mol. The summed E-state index contributed by atoms with van der Waals surface area (Å²) in [5, 5.41) is 4.27. The zero-order valence-electron chi connectivity index (χ0n) is 9.88. The van der Waals surface area contributed by atoms with Gasteiger partial charge in [-0.3, -0.25) is 9.48 Å². The average Bonchev–Trinajstić information content (AvgIpc) is 2.70. The molecule has 4 nitrogen and oxygen atoms in total. The van der Waals surface area contributed by atoms with Crippen molar-refractivity contribution in [1.82, 2.24) is 9.78 Å². The van der Waals surface area contributed by atoms with E-state index in [-0.39, 0.29) is 0 Å². The van der Waals surface area contributed by atoms with Crippen molar-refractivity contribution in [2.45, 2.75) is 6.42 Å². The molecule has 0 saturated carbocycles. The number of aromatic nitrogens is 2. The molecule has 88 valence electrons. The summed E-state index contributed by atoms with van der Waals surface area (Å²) in [6.07, 6.45) is 1.52. The maximum absolute atomic E-state index is 10.7. The van der Waals surface area contributed by atoms with Gasteiger partial charge in [0, 0.05) is 13.5 Å². The molecule has 0 atom stereocenters. The molecule has 1 aromatic carbocycles. The number of nitrogens with zero attached hydrogens (tertiary/aromatic N) is 2. The van der Waals surface area contributed by atoms with Crippen LogP contribution in [0.3, 0.4) is 0 Å². The van der Waals surface area contributed by atoms with Crippen LogP contribution in [0.5, 0.6) is 5.75 Å². The second-order valence-corrected chi connectivity index (χ2v) is 3.83. The molecule has 0 N–H and O–H groups in total. The Morgan fingerprint density at radius 1 is 1.35 bits per heavy atom. The second-order valence-electron chi connectivity index (χ2n) is 3.83. The number of methoxy groups -OCH3 is 1. The van der Waals surface area contributed by atoms with E-state index in [1.165, 1.54) is 0 Å². The maximum Gasteiger partial charge on any atom is 0.168 e. The summed E-state index contributed by atoms with van der Waals surface area (Å²) in [5.74, 6) is 0.836. The summed E-state index contributed by atoms with van der Waals surface area (Å²) in [6.45, 7) is 0.